The zero-order valence-corrected chi connectivity index (χ0v) is 12.4. The van der Waals surface area contributed by atoms with Crippen molar-refractivity contribution < 1.29 is 9.53 Å². The van der Waals surface area contributed by atoms with Gasteiger partial charge in [0.05, 0.1) is 5.69 Å². The van der Waals surface area contributed by atoms with Crippen LogP contribution in [-0.4, -0.2) is 12.4 Å². The van der Waals surface area contributed by atoms with Gasteiger partial charge >= 0.3 is 0 Å². The van der Waals surface area contributed by atoms with Crippen molar-refractivity contribution >= 4 is 22.2 Å². The number of anilines is 1. The van der Waals surface area contributed by atoms with E-state index in [1.54, 1.807) is 6.07 Å². The number of carbonyl (C=O) groups excluding carboxylic acids is 1. The number of ether oxygens (including phenoxy) is 1. The summed E-state index contributed by atoms with van der Waals surface area (Å²) in [7, 11) is 0. The van der Waals surface area contributed by atoms with Crippen LogP contribution in [0.1, 0.15) is 15.9 Å². The molecule has 0 aliphatic rings. The molecule has 0 spiro atoms. The second kappa shape index (κ2) is 5.90. The van der Waals surface area contributed by atoms with E-state index in [0.29, 0.717) is 17.0 Å². The largest absolute Gasteiger partial charge is 0.483 e. The Bertz CT molecular complexity index is 834. The molecule has 0 radical (unpaired) electrons. The number of nitrogens with two attached hydrogens (primary N) is 1. The van der Waals surface area contributed by atoms with Crippen molar-refractivity contribution in [3.8, 4) is 5.75 Å². The van der Waals surface area contributed by atoms with E-state index >= 15 is 0 Å². The van der Waals surface area contributed by atoms with E-state index in [2.05, 4.69) is 0 Å². The third-order valence-corrected chi connectivity index (χ3v) is 3.61. The molecule has 3 rings (SSSR count). The Morgan fingerprint density at radius 3 is 2.64 bits per heavy atom. The summed E-state index contributed by atoms with van der Waals surface area (Å²) in [4.78, 5) is 12.4. The van der Waals surface area contributed by atoms with Gasteiger partial charge in [0.15, 0.2) is 6.61 Å². The van der Waals surface area contributed by atoms with Crippen LogP contribution >= 0.6 is 0 Å². The highest BCUT2D eigenvalue weighted by Crippen LogP contribution is 2.23. The van der Waals surface area contributed by atoms with Gasteiger partial charge in [-0.05, 0) is 35.4 Å². The van der Waals surface area contributed by atoms with Crippen molar-refractivity contribution in [3.63, 3.8) is 0 Å². The molecule has 0 saturated heterocycles. The molecule has 0 heterocycles. The van der Waals surface area contributed by atoms with Crippen LogP contribution in [0.5, 0.6) is 5.75 Å². The predicted molar refractivity (Wildman–Crippen MR) is 89.4 cm³/mol. The lowest BCUT2D eigenvalue weighted by Gasteiger charge is -2.10. The average Bonchev–Trinajstić information content (AvgIpc) is 2.53. The lowest BCUT2D eigenvalue weighted by atomic mass is 10.0. The molecule has 0 aromatic heterocycles. The lowest BCUT2D eigenvalue weighted by molar-refractivity contribution is 0.0924. The Labute approximate surface area is 129 Å². The highest BCUT2D eigenvalue weighted by molar-refractivity contribution is 6.08. The first-order valence-electron chi connectivity index (χ1n) is 7.15. The third-order valence-electron chi connectivity index (χ3n) is 3.61. The zero-order valence-electron chi connectivity index (χ0n) is 12.4. The smallest absolute Gasteiger partial charge is 0.200 e. The van der Waals surface area contributed by atoms with E-state index in [0.717, 1.165) is 16.3 Å². The molecule has 110 valence electrons. The van der Waals surface area contributed by atoms with Crippen LogP contribution in [0.2, 0.25) is 0 Å². The van der Waals surface area contributed by atoms with Crippen molar-refractivity contribution in [2.45, 2.75) is 6.92 Å². The summed E-state index contributed by atoms with van der Waals surface area (Å²) in [6.07, 6.45) is 0. The molecule has 0 bridgehead atoms. The summed E-state index contributed by atoms with van der Waals surface area (Å²) in [6, 6.07) is 19.1. The van der Waals surface area contributed by atoms with Gasteiger partial charge in [-0.2, -0.15) is 0 Å². The Morgan fingerprint density at radius 1 is 1.05 bits per heavy atom. The van der Waals surface area contributed by atoms with Gasteiger partial charge in [0, 0.05) is 5.56 Å². The molecule has 0 unspecified atom stereocenters. The Kier molecular flexibility index (Phi) is 3.79. The lowest BCUT2D eigenvalue weighted by Crippen LogP contribution is -2.12. The van der Waals surface area contributed by atoms with Crippen LogP contribution in [0.4, 0.5) is 5.69 Å². The molecule has 0 aliphatic heterocycles. The quantitative estimate of drug-likeness (QED) is 0.584. The molecule has 0 fully saturated rings. The van der Waals surface area contributed by atoms with Crippen molar-refractivity contribution in [2.24, 2.45) is 0 Å². The third kappa shape index (κ3) is 2.79. The fourth-order valence-corrected chi connectivity index (χ4v) is 2.49. The summed E-state index contributed by atoms with van der Waals surface area (Å²) < 4.78 is 5.58. The second-order valence-electron chi connectivity index (χ2n) is 5.28. The minimum atomic E-state index is -0.0585. The van der Waals surface area contributed by atoms with Crippen LogP contribution in [0, 0.1) is 6.92 Å². The van der Waals surface area contributed by atoms with Crippen LogP contribution in [0.3, 0.4) is 0 Å². The normalized spacial score (nSPS) is 10.6. The SMILES string of the molecule is Cc1ccc(OCC(=O)c2cccc3ccccc23)c(N)c1. The monoisotopic (exact) mass is 291 g/mol. The number of hydrogen-bond acceptors (Lipinski definition) is 3. The summed E-state index contributed by atoms with van der Waals surface area (Å²) in [6.45, 7) is 1.93. The van der Waals surface area contributed by atoms with Crippen LogP contribution in [-0.2, 0) is 0 Å². The number of ketones is 1. The molecule has 0 amide bonds. The summed E-state index contributed by atoms with van der Waals surface area (Å²) >= 11 is 0. The highest BCUT2D eigenvalue weighted by atomic mass is 16.5. The molecule has 3 aromatic carbocycles. The van der Waals surface area contributed by atoms with Crippen molar-refractivity contribution in [3.05, 3.63) is 71.8 Å². The number of carbonyl (C=O) groups is 1. The average molecular weight is 291 g/mol. The first-order chi connectivity index (χ1) is 10.6. The number of Topliss-reactive ketones (excluding diaryl/α,β-unsaturated/α-hetero) is 1. The number of benzene rings is 3. The molecule has 0 aliphatic carbocycles. The van der Waals surface area contributed by atoms with Gasteiger partial charge in [-0.25, -0.2) is 0 Å². The first kappa shape index (κ1) is 14.1. The summed E-state index contributed by atoms with van der Waals surface area (Å²) in [5.41, 5.74) is 8.18. The minimum Gasteiger partial charge on any atom is -0.483 e. The number of fused-ring (bicyclic) bond motifs is 1. The molecule has 3 aromatic rings. The Hall–Kier alpha value is -2.81. The van der Waals surface area contributed by atoms with Crippen LogP contribution < -0.4 is 10.5 Å². The van der Waals surface area contributed by atoms with E-state index in [1.807, 2.05) is 61.5 Å². The van der Waals surface area contributed by atoms with Gasteiger partial charge in [-0.3, -0.25) is 4.79 Å². The molecule has 22 heavy (non-hydrogen) atoms. The van der Waals surface area contributed by atoms with E-state index in [1.165, 1.54) is 0 Å². The number of rotatable bonds is 4. The van der Waals surface area contributed by atoms with Gasteiger partial charge in [0.1, 0.15) is 5.75 Å². The molecule has 2 N–H and O–H groups in total. The molecular formula is C19H17NO2. The topological polar surface area (TPSA) is 52.3 Å². The summed E-state index contributed by atoms with van der Waals surface area (Å²) in [5, 5.41) is 1.98. The number of aryl methyl sites for hydroxylation is 1. The zero-order chi connectivity index (χ0) is 15.5. The highest BCUT2D eigenvalue weighted by Gasteiger charge is 2.11. The molecule has 3 nitrogen and oxygen atoms in total. The van der Waals surface area contributed by atoms with Gasteiger partial charge in [-0.15, -0.1) is 0 Å². The van der Waals surface area contributed by atoms with Gasteiger partial charge in [0.25, 0.3) is 0 Å². The number of hydrogen-bond donors (Lipinski definition) is 1. The van der Waals surface area contributed by atoms with E-state index in [4.69, 9.17) is 10.5 Å². The second-order valence-corrected chi connectivity index (χ2v) is 5.28. The first-order valence-corrected chi connectivity index (χ1v) is 7.15. The maximum Gasteiger partial charge on any atom is 0.200 e. The van der Waals surface area contributed by atoms with E-state index in [-0.39, 0.29) is 12.4 Å². The fraction of sp³-hybridized carbons (Fsp3) is 0.105. The predicted octanol–water partition coefficient (Wildman–Crippen LogP) is 3.99. The summed E-state index contributed by atoms with van der Waals surface area (Å²) in [5.74, 6) is 0.482. The number of nitrogen functional groups attached to an aromatic ring is 1. The maximum atomic E-state index is 12.4. The van der Waals surface area contributed by atoms with E-state index < -0.39 is 0 Å². The Morgan fingerprint density at radius 2 is 1.82 bits per heavy atom. The van der Waals surface area contributed by atoms with Crippen LogP contribution in [0.15, 0.2) is 60.7 Å². The van der Waals surface area contributed by atoms with Crippen LogP contribution in [0.25, 0.3) is 10.8 Å². The molecule has 0 saturated carbocycles. The van der Waals surface area contributed by atoms with Gasteiger partial charge in [-0.1, -0.05) is 48.5 Å². The van der Waals surface area contributed by atoms with Crippen molar-refractivity contribution in [1.29, 1.82) is 0 Å². The maximum absolute atomic E-state index is 12.4. The molecule has 3 heteroatoms. The van der Waals surface area contributed by atoms with Crippen molar-refractivity contribution in [1.82, 2.24) is 0 Å². The van der Waals surface area contributed by atoms with Crippen molar-refractivity contribution in [2.75, 3.05) is 12.3 Å². The van der Waals surface area contributed by atoms with Gasteiger partial charge < -0.3 is 10.5 Å². The van der Waals surface area contributed by atoms with E-state index in [9.17, 15) is 4.79 Å². The molecule has 0 atom stereocenters. The minimum absolute atomic E-state index is 0.0265. The molecular weight excluding hydrogens is 274 g/mol. The van der Waals surface area contributed by atoms with Gasteiger partial charge in [0.2, 0.25) is 5.78 Å². The fourth-order valence-electron chi connectivity index (χ4n) is 2.49. The Balaban J connectivity index is 1.82. The standard InChI is InChI=1S/C19H17NO2/c1-13-9-10-19(17(20)11-13)22-12-18(21)16-8-4-6-14-5-2-3-7-15(14)16/h2-11H,12,20H2,1H3.